The van der Waals surface area contributed by atoms with Gasteiger partial charge in [-0.3, -0.25) is 0 Å². The minimum absolute atomic E-state index is 0.578. The van der Waals surface area contributed by atoms with E-state index in [0.29, 0.717) is 5.92 Å². The van der Waals surface area contributed by atoms with Crippen molar-refractivity contribution < 1.29 is 0 Å². The van der Waals surface area contributed by atoms with E-state index in [1.54, 1.807) is 11.3 Å². The first-order chi connectivity index (χ1) is 8.31. The van der Waals surface area contributed by atoms with E-state index < -0.39 is 0 Å². The van der Waals surface area contributed by atoms with Gasteiger partial charge in [0, 0.05) is 42.7 Å². The Bertz CT molecular complexity index is 348. The quantitative estimate of drug-likeness (QED) is 0.868. The second kappa shape index (κ2) is 5.04. The van der Waals surface area contributed by atoms with Crippen molar-refractivity contribution in [2.45, 2.75) is 44.2 Å². The molecule has 3 nitrogen and oxygen atoms in total. The monoisotopic (exact) mass is 251 g/mol. The number of thiazole rings is 1. The molecule has 1 aliphatic carbocycles. The van der Waals surface area contributed by atoms with E-state index in [1.165, 1.54) is 37.4 Å². The summed E-state index contributed by atoms with van der Waals surface area (Å²) in [5.74, 6) is 0.578. The fraction of sp³-hybridized carbons (Fsp3) is 0.769. The number of aromatic nitrogens is 1. The lowest BCUT2D eigenvalue weighted by atomic mass is 10.2. The zero-order valence-electron chi connectivity index (χ0n) is 10.4. The average molecular weight is 251 g/mol. The van der Waals surface area contributed by atoms with Gasteiger partial charge in [-0.25, -0.2) is 4.98 Å². The molecule has 0 spiro atoms. The topological polar surface area (TPSA) is 28.2 Å². The second-order valence-electron chi connectivity index (χ2n) is 5.46. The fourth-order valence-corrected chi connectivity index (χ4v) is 3.35. The minimum Gasteiger partial charge on any atom is -0.310 e. The van der Waals surface area contributed by atoms with E-state index in [9.17, 15) is 0 Å². The molecule has 1 saturated carbocycles. The van der Waals surface area contributed by atoms with Gasteiger partial charge in [-0.15, -0.1) is 11.3 Å². The van der Waals surface area contributed by atoms with Crippen LogP contribution in [0.15, 0.2) is 11.6 Å². The Kier molecular flexibility index (Phi) is 3.45. The van der Waals surface area contributed by atoms with Crippen LogP contribution in [0.3, 0.4) is 0 Å². The minimum atomic E-state index is 0.578. The van der Waals surface area contributed by atoms with Gasteiger partial charge in [-0.1, -0.05) is 6.92 Å². The third kappa shape index (κ3) is 3.06. The third-order valence-electron chi connectivity index (χ3n) is 3.73. The molecule has 94 valence electrons. The first-order valence-electron chi connectivity index (χ1n) is 6.69. The molecule has 1 saturated heterocycles. The largest absolute Gasteiger partial charge is 0.310 e. The van der Waals surface area contributed by atoms with Crippen LogP contribution in [0.5, 0.6) is 0 Å². The van der Waals surface area contributed by atoms with Gasteiger partial charge in [-0.05, 0) is 25.8 Å². The molecule has 3 rings (SSSR count). The predicted molar refractivity (Wildman–Crippen MR) is 71.5 cm³/mol. The van der Waals surface area contributed by atoms with E-state index in [-0.39, 0.29) is 0 Å². The summed E-state index contributed by atoms with van der Waals surface area (Å²) in [4.78, 5) is 7.00. The molecule has 2 unspecified atom stereocenters. The van der Waals surface area contributed by atoms with Gasteiger partial charge in [-0.2, -0.15) is 0 Å². The number of rotatable bonds is 5. The van der Waals surface area contributed by atoms with Crippen molar-refractivity contribution in [2.75, 3.05) is 19.6 Å². The lowest BCUT2D eigenvalue weighted by molar-refractivity contribution is 0.310. The molecule has 0 bridgehead atoms. The molecular formula is C13H21N3S. The van der Waals surface area contributed by atoms with E-state index in [0.717, 1.165) is 18.6 Å². The van der Waals surface area contributed by atoms with Crippen LogP contribution in [0.4, 0.5) is 0 Å². The molecule has 1 aromatic rings. The van der Waals surface area contributed by atoms with Crippen LogP contribution in [0, 0.1) is 0 Å². The van der Waals surface area contributed by atoms with Gasteiger partial charge in [0.05, 0.1) is 5.01 Å². The molecule has 0 radical (unpaired) electrons. The highest BCUT2D eigenvalue weighted by molar-refractivity contribution is 7.09. The van der Waals surface area contributed by atoms with E-state index >= 15 is 0 Å². The van der Waals surface area contributed by atoms with Crippen LogP contribution < -0.4 is 5.32 Å². The molecule has 1 N–H and O–H groups in total. The van der Waals surface area contributed by atoms with Gasteiger partial charge in [0.1, 0.15) is 0 Å². The zero-order valence-corrected chi connectivity index (χ0v) is 11.2. The first-order valence-corrected chi connectivity index (χ1v) is 7.57. The summed E-state index contributed by atoms with van der Waals surface area (Å²) in [6.45, 7) is 5.93. The summed E-state index contributed by atoms with van der Waals surface area (Å²) in [7, 11) is 0. The number of nitrogens with zero attached hydrogens (tertiary/aromatic N) is 2. The molecule has 1 aromatic heterocycles. The summed E-state index contributed by atoms with van der Waals surface area (Å²) >= 11 is 1.78. The maximum absolute atomic E-state index is 4.41. The lowest BCUT2D eigenvalue weighted by Gasteiger charge is -2.19. The lowest BCUT2D eigenvalue weighted by Crippen LogP contribution is -2.34. The third-order valence-corrected chi connectivity index (χ3v) is 4.73. The van der Waals surface area contributed by atoms with Crippen molar-refractivity contribution in [3.05, 3.63) is 16.6 Å². The molecule has 2 aliphatic rings. The first kappa shape index (κ1) is 11.6. The molecular weight excluding hydrogens is 230 g/mol. The summed E-state index contributed by atoms with van der Waals surface area (Å²) in [6.07, 6.45) is 6.02. The van der Waals surface area contributed by atoms with Crippen LogP contribution in [0.25, 0.3) is 0 Å². The Labute approximate surface area is 107 Å². The van der Waals surface area contributed by atoms with Crippen molar-refractivity contribution in [3.8, 4) is 0 Å². The van der Waals surface area contributed by atoms with E-state index in [2.05, 4.69) is 27.5 Å². The number of nitrogens with one attached hydrogen (secondary N) is 1. The van der Waals surface area contributed by atoms with Gasteiger partial charge >= 0.3 is 0 Å². The Morgan fingerprint density at radius 3 is 3.06 bits per heavy atom. The summed E-state index contributed by atoms with van der Waals surface area (Å²) < 4.78 is 0. The summed E-state index contributed by atoms with van der Waals surface area (Å²) in [5, 5.41) is 7.09. The van der Waals surface area contributed by atoms with Crippen molar-refractivity contribution >= 4 is 11.3 Å². The predicted octanol–water partition coefficient (Wildman–Crippen LogP) is 2.07. The number of hydrogen-bond acceptors (Lipinski definition) is 4. The van der Waals surface area contributed by atoms with Crippen LogP contribution >= 0.6 is 11.3 Å². The SMILES string of the molecule is CC(CN1CCC(NC2CC2)C1)c1nccs1. The van der Waals surface area contributed by atoms with Gasteiger partial charge < -0.3 is 10.2 Å². The Morgan fingerprint density at radius 2 is 2.35 bits per heavy atom. The molecule has 2 atom stereocenters. The van der Waals surface area contributed by atoms with E-state index in [1.807, 2.05) is 6.20 Å². The highest BCUT2D eigenvalue weighted by Crippen LogP contribution is 2.24. The van der Waals surface area contributed by atoms with Gasteiger partial charge in [0.15, 0.2) is 0 Å². The van der Waals surface area contributed by atoms with Crippen molar-refractivity contribution in [1.29, 1.82) is 0 Å². The Balaban J connectivity index is 1.46. The molecule has 2 fully saturated rings. The highest BCUT2D eigenvalue weighted by Gasteiger charge is 2.29. The maximum atomic E-state index is 4.41. The molecule has 17 heavy (non-hydrogen) atoms. The van der Waals surface area contributed by atoms with Gasteiger partial charge in [0.25, 0.3) is 0 Å². The average Bonchev–Trinajstić information content (AvgIpc) is 2.83. The smallest absolute Gasteiger partial charge is 0.0965 e. The fourth-order valence-electron chi connectivity index (χ4n) is 2.66. The number of hydrogen-bond donors (Lipinski definition) is 1. The van der Waals surface area contributed by atoms with E-state index in [4.69, 9.17) is 0 Å². The Morgan fingerprint density at radius 1 is 1.47 bits per heavy atom. The number of likely N-dealkylation sites (tertiary alicyclic amines) is 1. The summed E-state index contributed by atoms with van der Waals surface area (Å²) in [5.41, 5.74) is 0. The molecule has 4 heteroatoms. The van der Waals surface area contributed by atoms with Crippen LogP contribution in [-0.2, 0) is 0 Å². The Hall–Kier alpha value is -0.450. The summed E-state index contributed by atoms with van der Waals surface area (Å²) in [6, 6.07) is 1.59. The second-order valence-corrected chi connectivity index (χ2v) is 6.38. The van der Waals surface area contributed by atoms with Crippen molar-refractivity contribution in [1.82, 2.24) is 15.2 Å². The standard InChI is InChI=1S/C13H21N3S/c1-10(13-14-5-7-17-13)8-16-6-4-12(9-16)15-11-2-3-11/h5,7,10-12,15H,2-4,6,8-9H2,1H3. The van der Waals surface area contributed by atoms with Gasteiger partial charge in [0.2, 0.25) is 0 Å². The molecule has 0 aromatic carbocycles. The molecule has 1 aliphatic heterocycles. The zero-order chi connectivity index (χ0) is 11.7. The maximum Gasteiger partial charge on any atom is 0.0965 e. The molecule has 0 amide bonds. The van der Waals surface area contributed by atoms with Crippen molar-refractivity contribution in [3.63, 3.8) is 0 Å². The normalized spacial score (nSPS) is 27.5. The van der Waals surface area contributed by atoms with Crippen LogP contribution in [-0.4, -0.2) is 41.6 Å². The van der Waals surface area contributed by atoms with Crippen LogP contribution in [0.2, 0.25) is 0 Å². The molecule has 2 heterocycles. The van der Waals surface area contributed by atoms with Crippen molar-refractivity contribution in [2.24, 2.45) is 0 Å². The van der Waals surface area contributed by atoms with Crippen LogP contribution in [0.1, 0.15) is 37.1 Å². The highest BCUT2D eigenvalue weighted by atomic mass is 32.1.